The summed E-state index contributed by atoms with van der Waals surface area (Å²) in [5.41, 5.74) is 2.96. The number of rotatable bonds is 11. The van der Waals surface area contributed by atoms with Crippen molar-refractivity contribution < 1.29 is 19.0 Å². The summed E-state index contributed by atoms with van der Waals surface area (Å²) in [6, 6.07) is 11.4. The summed E-state index contributed by atoms with van der Waals surface area (Å²) in [6.45, 7) is 8.35. The van der Waals surface area contributed by atoms with Crippen LogP contribution in [0.25, 0.3) is 0 Å². The van der Waals surface area contributed by atoms with Crippen LogP contribution in [-0.4, -0.2) is 63.9 Å². The molecule has 1 heterocycles. The third-order valence-corrected chi connectivity index (χ3v) is 6.01. The average molecular weight is 506 g/mol. The zero-order valence-corrected chi connectivity index (χ0v) is 20.4. The highest BCUT2D eigenvalue weighted by molar-refractivity contribution is 9.10. The second-order valence-corrected chi connectivity index (χ2v) is 8.64. The molecule has 1 saturated heterocycles. The van der Waals surface area contributed by atoms with Crippen molar-refractivity contribution >= 4 is 27.5 Å². The van der Waals surface area contributed by atoms with Gasteiger partial charge in [0.25, 0.3) is 5.91 Å². The van der Waals surface area contributed by atoms with Gasteiger partial charge in [0.15, 0.2) is 18.1 Å². The maximum Gasteiger partial charge on any atom is 0.262 e. The van der Waals surface area contributed by atoms with Gasteiger partial charge in [0.05, 0.1) is 20.3 Å². The molecule has 0 saturated carbocycles. The van der Waals surface area contributed by atoms with Crippen molar-refractivity contribution in [2.75, 3.05) is 58.4 Å². The molecule has 8 heteroatoms. The fourth-order valence-corrected chi connectivity index (χ4v) is 3.90. The van der Waals surface area contributed by atoms with Crippen molar-refractivity contribution in [2.45, 2.75) is 19.9 Å². The van der Waals surface area contributed by atoms with Crippen molar-refractivity contribution in [3.63, 3.8) is 0 Å². The molecule has 0 aromatic heterocycles. The molecule has 2 aromatic carbocycles. The van der Waals surface area contributed by atoms with Gasteiger partial charge in [-0.15, -0.1) is 0 Å². The molecule has 1 aliphatic heterocycles. The van der Waals surface area contributed by atoms with Crippen LogP contribution in [0.1, 0.15) is 17.5 Å². The number of aryl methyl sites for hydroxylation is 1. The lowest BCUT2D eigenvalue weighted by molar-refractivity contribution is -0.118. The highest BCUT2D eigenvalue weighted by atomic mass is 79.9. The smallest absolute Gasteiger partial charge is 0.262 e. The van der Waals surface area contributed by atoms with Crippen molar-refractivity contribution in [1.82, 2.24) is 10.2 Å². The summed E-state index contributed by atoms with van der Waals surface area (Å²) in [7, 11) is 1.60. The number of ether oxygens (including phenoxy) is 3. The van der Waals surface area contributed by atoms with Crippen LogP contribution < -0.4 is 20.1 Å². The average Bonchev–Trinajstić information content (AvgIpc) is 2.80. The Balaban J connectivity index is 1.45. The number of carbonyl (C=O) groups excluding carboxylic acids is 1. The first-order valence-electron chi connectivity index (χ1n) is 10.9. The summed E-state index contributed by atoms with van der Waals surface area (Å²) in [5, 5.41) is 6.32. The standard InChI is InChI=1S/C24H32BrN3O4/c1-18-4-6-20(7-5-18)27-24(29)17-32-23-15-21(25)19(14-22(23)30-2)16-26-8-3-9-28-10-12-31-13-11-28/h4-7,14-15,26H,3,8-13,16-17H2,1-2H3,(H,27,29). The minimum atomic E-state index is -0.224. The van der Waals surface area contributed by atoms with Gasteiger partial charge in [-0.05, 0) is 56.3 Å². The molecule has 2 N–H and O–H groups in total. The van der Waals surface area contributed by atoms with Gasteiger partial charge in [0, 0.05) is 29.8 Å². The third-order valence-electron chi connectivity index (χ3n) is 5.27. The Hall–Kier alpha value is -2.13. The number of nitrogens with one attached hydrogen (secondary N) is 2. The number of methoxy groups -OCH3 is 1. The van der Waals surface area contributed by atoms with E-state index in [-0.39, 0.29) is 12.5 Å². The molecule has 1 aliphatic rings. The number of benzene rings is 2. The second-order valence-electron chi connectivity index (χ2n) is 7.78. The lowest BCUT2D eigenvalue weighted by atomic mass is 10.2. The molecule has 174 valence electrons. The van der Waals surface area contributed by atoms with Crippen LogP contribution >= 0.6 is 15.9 Å². The van der Waals surface area contributed by atoms with E-state index in [2.05, 4.69) is 31.5 Å². The van der Waals surface area contributed by atoms with E-state index in [0.717, 1.165) is 67.1 Å². The van der Waals surface area contributed by atoms with Gasteiger partial charge in [-0.25, -0.2) is 0 Å². The van der Waals surface area contributed by atoms with Crippen LogP contribution in [0.15, 0.2) is 40.9 Å². The second kappa shape index (κ2) is 12.8. The fraction of sp³-hybridized carbons (Fsp3) is 0.458. The predicted octanol–water partition coefficient (Wildman–Crippen LogP) is 3.60. The molecular formula is C24H32BrN3O4. The predicted molar refractivity (Wildman–Crippen MR) is 130 cm³/mol. The van der Waals surface area contributed by atoms with Gasteiger partial charge in [-0.2, -0.15) is 0 Å². The maximum absolute atomic E-state index is 12.2. The number of carbonyl (C=O) groups is 1. The lowest BCUT2D eigenvalue weighted by Gasteiger charge is -2.26. The number of anilines is 1. The van der Waals surface area contributed by atoms with Crippen LogP contribution in [0.2, 0.25) is 0 Å². The first-order valence-corrected chi connectivity index (χ1v) is 11.7. The van der Waals surface area contributed by atoms with Crippen LogP contribution in [0.5, 0.6) is 11.5 Å². The number of hydrogen-bond donors (Lipinski definition) is 2. The molecule has 32 heavy (non-hydrogen) atoms. The van der Waals surface area contributed by atoms with Gasteiger partial charge >= 0.3 is 0 Å². The highest BCUT2D eigenvalue weighted by Gasteiger charge is 2.13. The molecule has 0 bridgehead atoms. The van der Waals surface area contributed by atoms with Crippen molar-refractivity contribution in [3.05, 3.63) is 52.0 Å². The highest BCUT2D eigenvalue weighted by Crippen LogP contribution is 2.33. The molecule has 0 aliphatic carbocycles. The zero-order valence-electron chi connectivity index (χ0n) is 18.8. The third kappa shape index (κ3) is 7.78. The van der Waals surface area contributed by atoms with E-state index in [1.54, 1.807) is 7.11 Å². The van der Waals surface area contributed by atoms with Crippen molar-refractivity contribution in [2.24, 2.45) is 0 Å². The van der Waals surface area contributed by atoms with Crippen molar-refractivity contribution in [1.29, 1.82) is 0 Å². The van der Waals surface area contributed by atoms with Crippen molar-refractivity contribution in [3.8, 4) is 11.5 Å². The van der Waals surface area contributed by atoms with Gasteiger partial charge in [-0.1, -0.05) is 33.6 Å². The Labute approximate surface area is 198 Å². The topological polar surface area (TPSA) is 72.1 Å². The van der Waals surface area contributed by atoms with E-state index in [1.807, 2.05) is 43.3 Å². The molecule has 0 unspecified atom stereocenters. The Morgan fingerprint density at radius 3 is 2.62 bits per heavy atom. The Kier molecular flexibility index (Phi) is 9.80. The van der Waals surface area contributed by atoms with Gasteiger partial charge in [0.1, 0.15) is 0 Å². The summed E-state index contributed by atoms with van der Waals surface area (Å²) >= 11 is 3.61. The van der Waals surface area contributed by atoms with E-state index in [1.165, 1.54) is 0 Å². The number of amides is 1. The number of nitrogens with zero attached hydrogens (tertiary/aromatic N) is 1. The number of hydrogen-bond acceptors (Lipinski definition) is 6. The Bertz CT molecular complexity index is 870. The molecule has 2 aromatic rings. The molecule has 0 spiro atoms. The first-order chi connectivity index (χ1) is 15.5. The molecule has 0 radical (unpaired) electrons. The Morgan fingerprint density at radius 2 is 1.91 bits per heavy atom. The minimum absolute atomic E-state index is 0.101. The Morgan fingerprint density at radius 1 is 1.16 bits per heavy atom. The largest absolute Gasteiger partial charge is 0.493 e. The zero-order chi connectivity index (χ0) is 22.8. The van der Waals surface area contributed by atoms with E-state index >= 15 is 0 Å². The van der Waals surface area contributed by atoms with E-state index in [4.69, 9.17) is 14.2 Å². The lowest BCUT2D eigenvalue weighted by Crippen LogP contribution is -2.37. The van der Waals surface area contributed by atoms with E-state index in [9.17, 15) is 4.79 Å². The van der Waals surface area contributed by atoms with E-state index < -0.39 is 0 Å². The normalized spacial score (nSPS) is 14.2. The van der Waals surface area contributed by atoms with Gasteiger partial charge < -0.3 is 24.8 Å². The molecule has 7 nitrogen and oxygen atoms in total. The van der Waals surface area contributed by atoms with Gasteiger partial charge in [-0.3, -0.25) is 9.69 Å². The maximum atomic E-state index is 12.2. The van der Waals surface area contributed by atoms with Gasteiger partial charge in [0.2, 0.25) is 0 Å². The molecule has 1 amide bonds. The quantitative estimate of drug-likeness (QED) is 0.454. The first kappa shape index (κ1) is 24.5. The number of morpholine rings is 1. The summed E-state index contributed by atoms with van der Waals surface area (Å²) in [4.78, 5) is 14.7. The molecule has 0 atom stereocenters. The van der Waals surface area contributed by atoms with Crippen LogP contribution in [0.4, 0.5) is 5.69 Å². The molecule has 3 rings (SSSR count). The summed E-state index contributed by atoms with van der Waals surface area (Å²) in [6.07, 6.45) is 1.09. The minimum Gasteiger partial charge on any atom is -0.493 e. The van der Waals surface area contributed by atoms with Crippen LogP contribution in [0.3, 0.4) is 0 Å². The summed E-state index contributed by atoms with van der Waals surface area (Å²) in [5.74, 6) is 0.897. The van der Waals surface area contributed by atoms with E-state index in [0.29, 0.717) is 18.0 Å². The monoisotopic (exact) mass is 505 g/mol. The fourth-order valence-electron chi connectivity index (χ4n) is 3.44. The SMILES string of the molecule is COc1cc(CNCCCN2CCOCC2)c(Br)cc1OCC(=O)Nc1ccc(C)cc1. The molecular weight excluding hydrogens is 474 g/mol. The molecule has 1 fully saturated rings. The van der Waals surface area contributed by atoms with Crippen LogP contribution in [0, 0.1) is 6.92 Å². The number of halogens is 1. The van der Waals surface area contributed by atoms with Crippen LogP contribution in [-0.2, 0) is 16.1 Å². The summed E-state index contributed by atoms with van der Waals surface area (Å²) < 4.78 is 17.5.